The van der Waals surface area contributed by atoms with Crippen LogP contribution in [0.1, 0.15) is 23.6 Å². The van der Waals surface area contributed by atoms with E-state index in [1.807, 2.05) is 13.8 Å². The van der Waals surface area contributed by atoms with E-state index in [0.717, 1.165) is 11.4 Å². The number of thiol groups is 1. The van der Waals surface area contributed by atoms with Gasteiger partial charge in [0, 0.05) is 17.6 Å². The van der Waals surface area contributed by atoms with Crippen molar-refractivity contribution in [3.63, 3.8) is 0 Å². The standard InChI is InChI=1S/C7H10N2S/c1-5-3-9-7(4-8-5)6(2)10/h3-4,6,10H,1-2H3. The molecule has 3 heteroatoms. The van der Waals surface area contributed by atoms with Gasteiger partial charge in [-0.2, -0.15) is 12.6 Å². The summed E-state index contributed by atoms with van der Waals surface area (Å²) in [5, 5.41) is 0.174. The molecular formula is C7H10N2S. The molecule has 0 aliphatic heterocycles. The molecule has 1 aromatic heterocycles. The molecule has 0 saturated heterocycles. The number of aromatic nitrogens is 2. The molecule has 0 fully saturated rings. The number of hydrogen-bond acceptors (Lipinski definition) is 3. The third-order valence-corrected chi connectivity index (χ3v) is 1.49. The van der Waals surface area contributed by atoms with Crippen LogP contribution in [-0.2, 0) is 0 Å². The van der Waals surface area contributed by atoms with E-state index in [2.05, 4.69) is 22.6 Å². The molecule has 0 N–H and O–H groups in total. The Bertz CT molecular complexity index is 205. The van der Waals surface area contributed by atoms with Gasteiger partial charge in [0.2, 0.25) is 0 Å². The monoisotopic (exact) mass is 154 g/mol. The zero-order chi connectivity index (χ0) is 7.56. The van der Waals surface area contributed by atoms with Gasteiger partial charge in [-0.25, -0.2) is 0 Å². The van der Waals surface area contributed by atoms with E-state index < -0.39 is 0 Å². The zero-order valence-electron chi connectivity index (χ0n) is 6.07. The molecule has 1 unspecified atom stereocenters. The molecule has 0 saturated carbocycles. The van der Waals surface area contributed by atoms with Gasteiger partial charge in [0.1, 0.15) is 0 Å². The average Bonchev–Trinajstić information content (AvgIpc) is 1.88. The maximum absolute atomic E-state index is 4.22. The van der Waals surface area contributed by atoms with E-state index in [-0.39, 0.29) is 5.25 Å². The molecule has 10 heavy (non-hydrogen) atoms. The summed E-state index contributed by atoms with van der Waals surface area (Å²) >= 11 is 4.22. The van der Waals surface area contributed by atoms with E-state index in [4.69, 9.17) is 0 Å². The minimum Gasteiger partial charge on any atom is -0.258 e. The van der Waals surface area contributed by atoms with Crippen LogP contribution in [0.15, 0.2) is 12.4 Å². The highest BCUT2D eigenvalue weighted by molar-refractivity contribution is 7.80. The van der Waals surface area contributed by atoms with Gasteiger partial charge in [-0.1, -0.05) is 0 Å². The highest BCUT2D eigenvalue weighted by atomic mass is 32.1. The molecule has 0 aromatic carbocycles. The second-order valence-corrected chi connectivity index (χ2v) is 3.03. The molecule has 1 heterocycles. The number of aryl methyl sites for hydroxylation is 1. The van der Waals surface area contributed by atoms with Crippen molar-refractivity contribution < 1.29 is 0 Å². The van der Waals surface area contributed by atoms with Crippen molar-refractivity contribution in [1.29, 1.82) is 0 Å². The van der Waals surface area contributed by atoms with Gasteiger partial charge in [-0.3, -0.25) is 9.97 Å². The predicted molar refractivity (Wildman–Crippen MR) is 44.2 cm³/mol. The van der Waals surface area contributed by atoms with Gasteiger partial charge in [0.05, 0.1) is 11.4 Å². The second kappa shape index (κ2) is 3.01. The largest absolute Gasteiger partial charge is 0.258 e. The molecule has 0 spiro atoms. The summed E-state index contributed by atoms with van der Waals surface area (Å²) in [5.74, 6) is 0. The van der Waals surface area contributed by atoms with E-state index >= 15 is 0 Å². The maximum Gasteiger partial charge on any atom is 0.0711 e. The Kier molecular flexibility index (Phi) is 2.27. The van der Waals surface area contributed by atoms with Crippen molar-refractivity contribution in [2.24, 2.45) is 0 Å². The van der Waals surface area contributed by atoms with E-state index in [0.29, 0.717) is 0 Å². The molecule has 1 aromatic rings. The van der Waals surface area contributed by atoms with Gasteiger partial charge in [0.25, 0.3) is 0 Å². The summed E-state index contributed by atoms with van der Waals surface area (Å²) in [6, 6.07) is 0. The summed E-state index contributed by atoms with van der Waals surface area (Å²) in [6.07, 6.45) is 3.51. The molecule has 0 amide bonds. The van der Waals surface area contributed by atoms with Gasteiger partial charge in [-0.15, -0.1) is 0 Å². The normalized spacial score (nSPS) is 13.1. The zero-order valence-corrected chi connectivity index (χ0v) is 6.97. The Balaban J connectivity index is 2.89. The predicted octanol–water partition coefficient (Wildman–Crippen LogP) is 1.78. The number of hydrogen-bond donors (Lipinski definition) is 1. The lowest BCUT2D eigenvalue weighted by Gasteiger charge is -2.00. The minimum absolute atomic E-state index is 0.174. The second-order valence-electron chi connectivity index (χ2n) is 2.26. The smallest absolute Gasteiger partial charge is 0.0711 e. The summed E-state index contributed by atoms with van der Waals surface area (Å²) in [6.45, 7) is 3.89. The lowest BCUT2D eigenvalue weighted by molar-refractivity contribution is 0.963. The first-order chi connectivity index (χ1) is 4.70. The molecule has 0 aliphatic carbocycles. The summed E-state index contributed by atoms with van der Waals surface area (Å²) < 4.78 is 0. The Labute approximate surface area is 66.1 Å². The maximum atomic E-state index is 4.22. The van der Waals surface area contributed by atoms with Crippen LogP contribution in [-0.4, -0.2) is 9.97 Å². The third-order valence-electron chi connectivity index (χ3n) is 1.23. The first-order valence-electron chi connectivity index (χ1n) is 3.17. The molecule has 1 atom stereocenters. The average molecular weight is 154 g/mol. The third kappa shape index (κ3) is 1.70. The molecule has 0 bridgehead atoms. The fourth-order valence-corrected chi connectivity index (χ4v) is 0.752. The highest BCUT2D eigenvalue weighted by Gasteiger charge is 1.99. The first-order valence-corrected chi connectivity index (χ1v) is 3.68. The van der Waals surface area contributed by atoms with Gasteiger partial charge in [0.15, 0.2) is 0 Å². The van der Waals surface area contributed by atoms with Gasteiger partial charge in [-0.05, 0) is 13.8 Å². The lowest BCUT2D eigenvalue weighted by Crippen LogP contribution is -1.92. The van der Waals surface area contributed by atoms with Crippen molar-refractivity contribution in [3.05, 3.63) is 23.8 Å². The van der Waals surface area contributed by atoms with E-state index in [1.165, 1.54) is 0 Å². The topological polar surface area (TPSA) is 25.8 Å². The minimum atomic E-state index is 0.174. The van der Waals surface area contributed by atoms with Crippen LogP contribution in [0.5, 0.6) is 0 Å². The Morgan fingerprint density at radius 1 is 1.40 bits per heavy atom. The molecule has 2 nitrogen and oxygen atoms in total. The van der Waals surface area contributed by atoms with E-state index in [1.54, 1.807) is 12.4 Å². The molecular weight excluding hydrogens is 144 g/mol. The van der Waals surface area contributed by atoms with Crippen LogP contribution in [0.4, 0.5) is 0 Å². The van der Waals surface area contributed by atoms with Crippen LogP contribution in [0.25, 0.3) is 0 Å². The molecule has 0 aliphatic rings. The Morgan fingerprint density at radius 2 is 2.10 bits per heavy atom. The van der Waals surface area contributed by atoms with Crippen molar-refractivity contribution in [2.45, 2.75) is 19.1 Å². The molecule has 1 rings (SSSR count). The number of nitrogens with zero attached hydrogens (tertiary/aromatic N) is 2. The lowest BCUT2D eigenvalue weighted by atomic mass is 10.3. The fourth-order valence-electron chi connectivity index (χ4n) is 0.618. The van der Waals surface area contributed by atoms with Crippen LogP contribution < -0.4 is 0 Å². The van der Waals surface area contributed by atoms with Crippen molar-refractivity contribution in [2.75, 3.05) is 0 Å². The van der Waals surface area contributed by atoms with Crippen LogP contribution >= 0.6 is 12.6 Å². The number of rotatable bonds is 1. The van der Waals surface area contributed by atoms with Crippen LogP contribution in [0.3, 0.4) is 0 Å². The van der Waals surface area contributed by atoms with Crippen molar-refractivity contribution in [1.82, 2.24) is 9.97 Å². The van der Waals surface area contributed by atoms with Gasteiger partial charge >= 0.3 is 0 Å². The summed E-state index contributed by atoms with van der Waals surface area (Å²) in [5.41, 5.74) is 1.87. The fraction of sp³-hybridized carbons (Fsp3) is 0.429. The van der Waals surface area contributed by atoms with Crippen LogP contribution in [0, 0.1) is 6.92 Å². The summed E-state index contributed by atoms with van der Waals surface area (Å²) in [7, 11) is 0. The first kappa shape index (κ1) is 7.54. The van der Waals surface area contributed by atoms with Crippen molar-refractivity contribution >= 4 is 12.6 Å². The van der Waals surface area contributed by atoms with Gasteiger partial charge < -0.3 is 0 Å². The highest BCUT2D eigenvalue weighted by Crippen LogP contribution is 2.13. The SMILES string of the molecule is Cc1cnc(C(C)S)cn1. The molecule has 0 radical (unpaired) electrons. The Hall–Kier alpha value is -0.570. The van der Waals surface area contributed by atoms with Crippen LogP contribution in [0.2, 0.25) is 0 Å². The quantitative estimate of drug-likeness (QED) is 0.624. The van der Waals surface area contributed by atoms with E-state index in [9.17, 15) is 0 Å². The van der Waals surface area contributed by atoms with Crippen molar-refractivity contribution in [3.8, 4) is 0 Å². The molecule has 54 valence electrons. The Morgan fingerprint density at radius 3 is 2.50 bits per heavy atom. The summed E-state index contributed by atoms with van der Waals surface area (Å²) in [4.78, 5) is 8.23.